The minimum Gasteiger partial charge on any atom is -0.397 e. The van der Waals surface area contributed by atoms with Gasteiger partial charge in [-0.3, -0.25) is 0 Å². The molecule has 1 unspecified atom stereocenters. The normalized spacial score (nSPS) is 12.2. The van der Waals surface area contributed by atoms with Crippen LogP contribution in [-0.4, -0.2) is 0 Å². The molecule has 3 heteroatoms. The molecule has 0 saturated heterocycles. The molecule has 0 fully saturated rings. The lowest BCUT2D eigenvalue weighted by atomic mass is 10.1. The van der Waals surface area contributed by atoms with E-state index in [9.17, 15) is 0 Å². The maximum atomic E-state index is 6.14. The van der Waals surface area contributed by atoms with Crippen molar-refractivity contribution in [1.29, 1.82) is 0 Å². The van der Waals surface area contributed by atoms with Crippen molar-refractivity contribution in [1.82, 2.24) is 0 Å². The summed E-state index contributed by atoms with van der Waals surface area (Å²) >= 11 is 6.14. The largest absolute Gasteiger partial charge is 0.397 e. The minimum atomic E-state index is 0.160. The third kappa shape index (κ3) is 2.77. The lowest BCUT2D eigenvalue weighted by molar-refractivity contribution is 0.885. The number of aryl methyl sites for hydroxylation is 1. The van der Waals surface area contributed by atoms with Crippen molar-refractivity contribution in [3.8, 4) is 0 Å². The first-order chi connectivity index (χ1) is 8.58. The van der Waals surface area contributed by atoms with Crippen LogP contribution in [0.25, 0.3) is 0 Å². The van der Waals surface area contributed by atoms with Crippen LogP contribution in [0.15, 0.2) is 42.5 Å². The zero-order chi connectivity index (χ0) is 13.1. The van der Waals surface area contributed by atoms with E-state index in [0.29, 0.717) is 10.7 Å². The number of nitrogens with two attached hydrogens (primary N) is 1. The summed E-state index contributed by atoms with van der Waals surface area (Å²) < 4.78 is 0. The van der Waals surface area contributed by atoms with Crippen LogP contribution in [0.1, 0.15) is 24.1 Å². The Balaban J connectivity index is 2.21. The Bertz CT molecular complexity index is 514. The van der Waals surface area contributed by atoms with Gasteiger partial charge in [-0.15, -0.1) is 0 Å². The molecule has 3 N–H and O–H groups in total. The average molecular weight is 261 g/mol. The monoisotopic (exact) mass is 260 g/mol. The molecule has 94 valence electrons. The Kier molecular flexibility index (Phi) is 3.78. The molecule has 0 radical (unpaired) electrons. The molecule has 0 bridgehead atoms. The van der Waals surface area contributed by atoms with Gasteiger partial charge in [-0.2, -0.15) is 0 Å². The molecule has 0 heterocycles. The topological polar surface area (TPSA) is 38.0 Å². The molecule has 0 aliphatic carbocycles. The zero-order valence-electron chi connectivity index (χ0n) is 10.6. The van der Waals surface area contributed by atoms with Crippen LogP contribution >= 0.6 is 11.6 Å². The minimum absolute atomic E-state index is 0.160. The molecule has 0 aromatic heterocycles. The van der Waals surface area contributed by atoms with Gasteiger partial charge in [0.25, 0.3) is 0 Å². The highest BCUT2D eigenvalue weighted by Crippen LogP contribution is 2.31. The molecule has 0 amide bonds. The molecule has 2 rings (SSSR count). The number of benzene rings is 2. The number of anilines is 2. The molecule has 2 aromatic carbocycles. The van der Waals surface area contributed by atoms with Crippen molar-refractivity contribution in [2.24, 2.45) is 0 Å². The Morgan fingerprint density at radius 1 is 1.11 bits per heavy atom. The number of para-hydroxylation sites is 1. The van der Waals surface area contributed by atoms with Gasteiger partial charge < -0.3 is 11.1 Å². The van der Waals surface area contributed by atoms with E-state index in [1.807, 2.05) is 18.2 Å². The third-order valence-corrected chi connectivity index (χ3v) is 3.30. The first kappa shape index (κ1) is 12.8. The van der Waals surface area contributed by atoms with Crippen molar-refractivity contribution < 1.29 is 0 Å². The van der Waals surface area contributed by atoms with E-state index >= 15 is 0 Å². The van der Waals surface area contributed by atoms with Gasteiger partial charge in [0.1, 0.15) is 0 Å². The van der Waals surface area contributed by atoms with Gasteiger partial charge in [-0.05, 0) is 31.5 Å². The lowest BCUT2D eigenvalue weighted by Crippen LogP contribution is -2.08. The second-order valence-corrected chi connectivity index (χ2v) is 4.89. The molecule has 0 spiro atoms. The number of rotatable bonds is 3. The second-order valence-electron chi connectivity index (χ2n) is 4.48. The predicted octanol–water partition coefficient (Wildman–Crippen LogP) is 4.40. The van der Waals surface area contributed by atoms with Crippen molar-refractivity contribution in [2.75, 3.05) is 11.1 Å². The standard InChI is InChI=1S/C15H17ClN2/c1-10-6-8-12(9-7-10)11(2)18-15-13(16)4-3-5-14(15)17/h3-9,11,18H,17H2,1-2H3. The van der Waals surface area contributed by atoms with Gasteiger partial charge in [-0.1, -0.05) is 47.5 Å². The van der Waals surface area contributed by atoms with E-state index in [4.69, 9.17) is 17.3 Å². The molecule has 2 aromatic rings. The Morgan fingerprint density at radius 2 is 1.78 bits per heavy atom. The van der Waals surface area contributed by atoms with Gasteiger partial charge in [0, 0.05) is 6.04 Å². The van der Waals surface area contributed by atoms with Crippen LogP contribution in [-0.2, 0) is 0 Å². The van der Waals surface area contributed by atoms with E-state index in [0.717, 1.165) is 5.69 Å². The first-order valence-corrected chi connectivity index (χ1v) is 6.33. The summed E-state index contributed by atoms with van der Waals surface area (Å²) in [5, 5.41) is 4.00. The predicted molar refractivity (Wildman–Crippen MR) is 79.1 cm³/mol. The van der Waals surface area contributed by atoms with Crippen molar-refractivity contribution in [3.63, 3.8) is 0 Å². The smallest absolute Gasteiger partial charge is 0.0767 e. The molecule has 2 nitrogen and oxygen atoms in total. The molecule has 0 aliphatic rings. The maximum Gasteiger partial charge on any atom is 0.0767 e. The molecule has 0 saturated carbocycles. The highest BCUT2D eigenvalue weighted by molar-refractivity contribution is 6.33. The van der Waals surface area contributed by atoms with Gasteiger partial charge in [0.2, 0.25) is 0 Å². The summed E-state index contributed by atoms with van der Waals surface area (Å²) in [5.74, 6) is 0. The Hall–Kier alpha value is -1.67. The van der Waals surface area contributed by atoms with E-state index < -0.39 is 0 Å². The quantitative estimate of drug-likeness (QED) is 0.803. The number of hydrogen-bond donors (Lipinski definition) is 2. The van der Waals surface area contributed by atoms with Crippen LogP contribution in [0.2, 0.25) is 5.02 Å². The highest BCUT2D eigenvalue weighted by Gasteiger charge is 2.09. The lowest BCUT2D eigenvalue weighted by Gasteiger charge is -2.18. The van der Waals surface area contributed by atoms with Gasteiger partial charge in [0.05, 0.1) is 16.4 Å². The fourth-order valence-electron chi connectivity index (χ4n) is 1.85. The van der Waals surface area contributed by atoms with E-state index in [2.05, 4.69) is 43.4 Å². The zero-order valence-corrected chi connectivity index (χ0v) is 11.3. The van der Waals surface area contributed by atoms with Gasteiger partial charge >= 0.3 is 0 Å². The summed E-state index contributed by atoms with van der Waals surface area (Å²) in [6.07, 6.45) is 0. The van der Waals surface area contributed by atoms with E-state index in [1.165, 1.54) is 11.1 Å². The van der Waals surface area contributed by atoms with E-state index in [1.54, 1.807) is 0 Å². The number of hydrogen-bond acceptors (Lipinski definition) is 2. The van der Waals surface area contributed by atoms with Crippen LogP contribution in [0, 0.1) is 6.92 Å². The van der Waals surface area contributed by atoms with Crippen LogP contribution in [0.4, 0.5) is 11.4 Å². The molecule has 18 heavy (non-hydrogen) atoms. The van der Waals surface area contributed by atoms with Crippen molar-refractivity contribution >= 4 is 23.0 Å². The fraction of sp³-hybridized carbons (Fsp3) is 0.200. The highest BCUT2D eigenvalue weighted by atomic mass is 35.5. The summed E-state index contributed by atoms with van der Waals surface area (Å²) in [4.78, 5) is 0. The van der Waals surface area contributed by atoms with Crippen LogP contribution in [0.3, 0.4) is 0 Å². The second kappa shape index (κ2) is 5.32. The van der Waals surface area contributed by atoms with E-state index in [-0.39, 0.29) is 6.04 Å². The van der Waals surface area contributed by atoms with Gasteiger partial charge in [0.15, 0.2) is 0 Å². The third-order valence-electron chi connectivity index (χ3n) is 2.98. The van der Waals surface area contributed by atoms with Gasteiger partial charge in [-0.25, -0.2) is 0 Å². The number of nitrogen functional groups attached to an aromatic ring is 1. The Morgan fingerprint density at radius 3 is 2.39 bits per heavy atom. The number of halogens is 1. The van der Waals surface area contributed by atoms with Crippen molar-refractivity contribution in [2.45, 2.75) is 19.9 Å². The number of nitrogens with one attached hydrogen (secondary N) is 1. The summed E-state index contributed by atoms with van der Waals surface area (Å²) in [5.41, 5.74) is 9.85. The molecule has 0 aliphatic heterocycles. The molecular formula is C15H17ClN2. The van der Waals surface area contributed by atoms with Crippen molar-refractivity contribution in [3.05, 3.63) is 58.6 Å². The van der Waals surface area contributed by atoms with Crippen LogP contribution < -0.4 is 11.1 Å². The molecule has 1 atom stereocenters. The summed E-state index contributed by atoms with van der Waals surface area (Å²) in [6.45, 7) is 4.17. The fourth-order valence-corrected chi connectivity index (χ4v) is 2.08. The maximum absolute atomic E-state index is 6.14. The molecular weight excluding hydrogens is 244 g/mol. The summed E-state index contributed by atoms with van der Waals surface area (Å²) in [6, 6.07) is 14.1. The SMILES string of the molecule is Cc1ccc(C(C)Nc2c(N)cccc2Cl)cc1. The Labute approximate surface area is 113 Å². The van der Waals surface area contributed by atoms with Crippen LogP contribution in [0.5, 0.6) is 0 Å². The average Bonchev–Trinajstić information content (AvgIpc) is 2.34. The summed E-state index contributed by atoms with van der Waals surface area (Å²) in [7, 11) is 0. The first-order valence-electron chi connectivity index (χ1n) is 5.95.